The third-order valence-electron chi connectivity index (χ3n) is 2.43. The number of carbonyl (C=O) groups is 1. The van der Waals surface area contributed by atoms with Crippen LogP contribution in [0.4, 0.5) is 0 Å². The van der Waals surface area contributed by atoms with Crippen molar-refractivity contribution in [2.45, 2.75) is 52.0 Å². The molecule has 1 atom stereocenters. The van der Waals surface area contributed by atoms with Crippen LogP contribution in [0.3, 0.4) is 0 Å². The van der Waals surface area contributed by atoms with E-state index in [2.05, 4.69) is 39.7 Å². The predicted octanol–water partition coefficient (Wildman–Crippen LogP) is 2.11. The first-order valence-corrected chi connectivity index (χ1v) is 14.0. The van der Waals surface area contributed by atoms with Crippen LogP contribution >= 0.6 is 0 Å². The summed E-state index contributed by atoms with van der Waals surface area (Å²) in [5, 5.41) is 0. The quantitative estimate of drug-likeness (QED) is 0.371. The topological polar surface area (TPSA) is 44.8 Å². The van der Waals surface area contributed by atoms with Gasteiger partial charge in [-0.15, -0.1) is 0 Å². The molecule has 0 saturated heterocycles. The summed E-state index contributed by atoms with van der Waals surface area (Å²) in [7, 11) is -3.77. The minimum atomic E-state index is -1.62. The maximum absolute atomic E-state index is 11.3. The Kier molecular flexibility index (Phi) is 9.54. The number of carbonyl (C=O) groups excluding carboxylic acids is 1. The summed E-state index contributed by atoms with van der Waals surface area (Å²) in [5.74, 6) is -0.316. The molecule has 4 nitrogen and oxygen atoms in total. The van der Waals surface area contributed by atoms with Crippen molar-refractivity contribution in [3.8, 4) is 0 Å². The molecule has 1 unspecified atom stereocenters. The first-order valence-electron chi connectivity index (χ1n) is 6.87. The Hall–Kier alpha value is -0.219. The molecule has 0 saturated carbocycles. The highest BCUT2D eigenvalue weighted by molar-refractivity contribution is 6.68. The van der Waals surface area contributed by atoms with Crippen molar-refractivity contribution in [1.82, 2.24) is 0 Å². The number of hydrogen-bond donors (Lipinski definition) is 0. The largest absolute Gasteiger partial charge is 0.462 e. The Balaban J connectivity index is 4.19. The molecule has 0 aromatic heterocycles. The minimum absolute atomic E-state index is 0.316. The summed E-state index contributed by atoms with van der Waals surface area (Å²) >= 11 is 0. The van der Waals surface area contributed by atoms with Crippen LogP contribution in [0.5, 0.6) is 0 Å². The van der Waals surface area contributed by atoms with Gasteiger partial charge in [0, 0.05) is 5.57 Å². The van der Waals surface area contributed by atoms with Gasteiger partial charge < -0.3 is 13.0 Å². The summed E-state index contributed by atoms with van der Waals surface area (Å²) < 4.78 is 17.2. The second kappa shape index (κ2) is 9.65. The number of rotatable bonds is 9. The molecular weight excluding hydrogens is 292 g/mol. The molecular formula is C12H28O4Si3. The van der Waals surface area contributed by atoms with E-state index < -0.39 is 27.4 Å². The summed E-state index contributed by atoms with van der Waals surface area (Å²) in [6.07, 6.45) is 0.804. The van der Waals surface area contributed by atoms with Gasteiger partial charge in [-0.25, -0.2) is 4.79 Å². The fraction of sp³-hybridized carbons (Fsp3) is 0.750. The lowest BCUT2D eigenvalue weighted by Crippen LogP contribution is -2.36. The van der Waals surface area contributed by atoms with Crippen molar-refractivity contribution >= 4 is 33.3 Å². The Morgan fingerprint density at radius 3 is 2.00 bits per heavy atom. The van der Waals surface area contributed by atoms with Crippen LogP contribution in [0.1, 0.15) is 20.3 Å². The van der Waals surface area contributed by atoms with Gasteiger partial charge in [-0.3, -0.25) is 0 Å². The van der Waals surface area contributed by atoms with E-state index in [1.807, 2.05) is 0 Å². The van der Waals surface area contributed by atoms with Crippen molar-refractivity contribution in [2.75, 3.05) is 6.61 Å². The molecule has 0 N–H and O–H groups in total. The van der Waals surface area contributed by atoms with Gasteiger partial charge in [0.15, 0.2) is 18.1 Å². The van der Waals surface area contributed by atoms with Crippen LogP contribution in [0.25, 0.3) is 0 Å². The fourth-order valence-electron chi connectivity index (χ4n) is 1.43. The van der Waals surface area contributed by atoms with Gasteiger partial charge in [-0.2, -0.15) is 0 Å². The van der Waals surface area contributed by atoms with Crippen molar-refractivity contribution in [2.24, 2.45) is 0 Å². The smallest absolute Gasteiger partial charge is 0.333 e. The number of ether oxygens (including phenoxy) is 1. The zero-order valence-corrected chi connectivity index (χ0v) is 16.5. The summed E-state index contributed by atoms with van der Waals surface area (Å²) in [4.78, 5) is 11.3. The molecule has 0 amide bonds. The van der Waals surface area contributed by atoms with E-state index in [9.17, 15) is 4.79 Å². The van der Waals surface area contributed by atoms with Crippen molar-refractivity contribution in [3.63, 3.8) is 0 Å². The highest BCUT2D eigenvalue weighted by atomic mass is 28.4. The van der Waals surface area contributed by atoms with E-state index in [-0.39, 0.29) is 5.97 Å². The van der Waals surface area contributed by atoms with E-state index in [0.29, 0.717) is 17.7 Å². The maximum Gasteiger partial charge on any atom is 0.333 e. The first kappa shape index (κ1) is 18.8. The molecule has 7 heteroatoms. The molecule has 0 bridgehead atoms. The van der Waals surface area contributed by atoms with E-state index in [4.69, 9.17) is 13.0 Å². The van der Waals surface area contributed by atoms with Gasteiger partial charge in [0.05, 0.1) is 6.61 Å². The molecule has 0 aliphatic heterocycles. The molecule has 112 valence electrons. The predicted molar refractivity (Wildman–Crippen MR) is 86.9 cm³/mol. The molecule has 0 aromatic rings. The second-order valence-electron chi connectivity index (χ2n) is 5.42. The van der Waals surface area contributed by atoms with E-state index in [1.54, 1.807) is 6.92 Å². The van der Waals surface area contributed by atoms with Crippen molar-refractivity contribution in [3.05, 3.63) is 12.2 Å². The number of hydrogen-bond acceptors (Lipinski definition) is 4. The second-order valence-corrected chi connectivity index (χ2v) is 13.7. The Bertz CT molecular complexity index is 285. The highest BCUT2D eigenvalue weighted by Crippen LogP contribution is 2.18. The lowest BCUT2D eigenvalue weighted by Gasteiger charge is -2.26. The van der Waals surface area contributed by atoms with Gasteiger partial charge in [0.1, 0.15) is 0 Å². The van der Waals surface area contributed by atoms with Crippen LogP contribution in [0.2, 0.25) is 31.7 Å². The van der Waals surface area contributed by atoms with Crippen molar-refractivity contribution in [1.29, 1.82) is 0 Å². The average Bonchev–Trinajstić information content (AvgIpc) is 2.26. The van der Waals surface area contributed by atoms with Crippen LogP contribution in [0, 0.1) is 0 Å². The molecule has 0 fully saturated rings. The fourth-order valence-corrected chi connectivity index (χ4v) is 9.11. The van der Waals surface area contributed by atoms with Gasteiger partial charge in [0.2, 0.25) is 0 Å². The molecule has 0 aromatic carbocycles. The number of esters is 1. The molecule has 0 spiro atoms. The monoisotopic (exact) mass is 320 g/mol. The molecule has 19 heavy (non-hydrogen) atoms. The van der Waals surface area contributed by atoms with E-state index in [0.717, 1.165) is 6.42 Å². The van der Waals surface area contributed by atoms with Crippen LogP contribution < -0.4 is 0 Å². The van der Waals surface area contributed by atoms with Crippen LogP contribution in [-0.2, 0) is 17.8 Å². The Morgan fingerprint density at radius 2 is 1.63 bits per heavy atom. The third kappa shape index (κ3) is 9.33. The lowest BCUT2D eigenvalue weighted by atomic mass is 10.3. The summed E-state index contributed by atoms with van der Waals surface area (Å²) in [6.45, 7) is 16.4. The normalized spacial score (nSPS) is 13.1. The zero-order chi connectivity index (χ0) is 15.0. The molecule has 0 heterocycles. The standard InChI is InChI=1S/C12H28O4Si3/c1-10(2)12(13)14-9-8-11(3)19(15-17(4)5)16-18(6)7/h11,17-19H,1,8-9H2,2-7H3. The van der Waals surface area contributed by atoms with Crippen molar-refractivity contribution < 1.29 is 17.8 Å². The minimum Gasteiger partial charge on any atom is -0.462 e. The van der Waals surface area contributed by atoms with Gasteiger partial charge >= 0.3 is 15.3 Å². The lowest BCUT2D eigenvalue weighted by molar-refractivity contribution is -0.139. The zero-order valence-electron chi connectivity index (χ0n) is 13.1. The van der Waals surface area contributed by atoms with Gasteiger partial charge in [-0.05, 0) is 45.1 Å². The maximum atomic E-state index is 11.3. The SMILES string of the molecule is C=C(C)C(=O)OCCC(C)[SiH](O[SiH](C)C)O[SiH](C)C. The average molecular weight is 321 g/mol. The van der Waals surface area contributed by atoms with Crippen LogP contribution in [0.15, 0.2) is 12.2 Å². The summed E-state index contributed by atoms with van der Waals surface area (Å²) in [5.41, 5.74) is 0.806. The Labute approximate surface area is 122 Å². The van der Waals surface area contributed by atoms with Crippen LogP contribution in [-0.4, -0.2) is 39.9 Å². The molecule has 0 aliphatic rings. The van der Waals surface area contributed by atoms with Gasteiger partial charge in [-0.1, -0.05) is 13.5 Å². The van der Waals surface area contributed by atoms with E-state index >= 15 is 0 Å². The molecule has 0 rings (SSSR count). The third-order valence-corrected chi connectivity index (χ3v) is 10.2. The highest BCUT2D eigenvalue weighted by Gasteiger charge is 2.24. The molecule has 0 radical (unpaired) electrons. The van der Waals surface area contributed by atoms with E-state index in [1.165, 1.54) is 0 Å². The first-order chi connectivity index (χ1) is 8.73. The summed E-state index contributed by atoms with van der Waals surface area (Å²) in [6, 6.07) is 0. The Morgan fingerprint density at radius 1 is 1.16 bits per heavy atom. The molecule has 0 aliphatic carbocycles. The van der Waals surface area contributed by atoms with Gasteiger partial charge in [0.25, 0.3) is 0 Å².